The third-order valence-electron chi connectivity index (χ3n) is 3.17. The maximum absolute atomic E-state index is 5.97. The van der Waals surface area contributed by atoms with Gasteiger partial charge in [-0.05, 0) is 52.7 Å². The van der Waals surface area contributed by atoms with E-state index in [2.05, 4.69) is 34.2 Å². The van der Waals surface area contributed by atoms with Gasteiger partial charge in [0.05, 0.1) is 11.1 Å². The molecule has 3 nitrogen and oxygen atoms in total. The van der Waals surface area contributed by atoms with Crippen LogP contribution in [-0.2, 0) is 13.2 Å². The Bertz CT molecular complexity index is 587. The van der Waals surface area contributed by atoms with Crippen LogP contribution in [0.4, 0.5) is 0 Å². The molecule has 2 aromatic rings. The molecule has 0 aliphatic rings. The Balaban J connectivity index is 2.17. The molecule has 0 unspecified atom stereocenters. The van der Waals surface area contributed by atoms with E-state index in [9.17, 15) is 0 Å². The second kappa shape index (κ2) is 8.81. The fourth-order valence-electron chi connectivity index (χ4n) is 2.13. The van der Waals surface area contributed by atoms with E-state index in [4.69, 9.17) is 9.47 Å². The third-order valence-corrected chi connectivity index (χ3v) is 3.76. The zero-order chi connectivity index (χ0) is 15.8. The van der Waals surface area contributed by atoms with Crippen molar-refractivity contribution in [2.45, 2.75) is 27.0 Å². The van der Waals surface area contributed by atoms with Crippen molar-refractivity contribution in [3.63, 3.8) is 0 Å². The molecule has 0 amide bonds. The molecular weight excluding hydrogens is 342 g/mol. The summed E-state index contributed by atoms with van der Waals surface area (Å²) in [5, 5.41) is 3.32. The van der Waals surface area contributed by atoms with Crippen LogP contribution in [0, 0.1) is 0 Å². The normalized spacial score (nSPS) is 10.5. The zero-order valence-corrected chi connectivity index (χ0v) is 14.7. The van der Waals surface area contributed by atoms with Gasteiger partial charge in [-0.2, -0.15) is 0 Å². The largest absolute Gasteiger partial charge is 0.490 e. The van der Waals surface area contributed by atoms with Crippen molar-refractivity contribution in [2.24, 2.45) is 0 Å². The Morgan fingerprint density at radius 2 is 1.77 bits per heavy atom. The minimum atomic E-state index is 0.520. The number of nitrogens with one attached hydrogen (secondary N) is 1. The first-order chi connectivity index (χ1) is 10.7. The van der Waals surface area contributed by atoms with Crippen LogP contribution in [0.15, 0.2) is 46.9 Å². The van der Waals surface area contributed by atoms with Crippen molar-refractivity contribution in [1.82, 2.24) is 5.32 Å². The molecule has 0 saturated heterocycles. The van der Waals surface area contributed by atoms with Gasteiger partial charge in [0, 0.05) is 6.54 Å². The number of ether oxygens (including phenoxy) is 2. The molecular formula is C18H22BrNO2. The van der Waals surface area contributed by atoms with Gasteiger partial charge in [-0.3, -0.25) is 0 Å². The highest BCUT2D eigenvalue weighted by molar-refractivity contribution is 9.10. The molecule has 118 valence electrons. The second-order valence-corrected chi connectivity index (χ2v) is 5.75. The highest BCUT2D eigenvalue weighted by atomic mass is 79.9. The third kappa shape index (κ3) is 4.75. The quantitative estimate of drug-likeness (QED) is 0.746. The summed E-state index contributed by atoms with van der Waals surface area (Å²) in [5.74, 6) is 1.53. The van der Waals surface area contributed by atoms with Crippen molar-refractivity contribution in [2.75, 3.05) is 13.2 Å². The fourth-order valence-corrected chi connectivity index (χ4v) is 2.73. The molecule has 0 saturated carbocycles. The summed E-state index contributed by atoms with van der Waals surface area (Å²) in [5.41, 5.74) is 2.30. The van der Waals surface area contributed by atoms with Gasteiger partial charge < -0.3 is 14.8 Å². The van der Waals surface area contributed by atoms with E-state index in [1.165, 1.54) is 5.56 Å². The Kier molecular flexibility index (Phi) is 6.74. The standard InChI is InChI=1S/C18H22BrNO2/c1-3-20-12-15-10-16(19)18(17(11-15)21-4-2)22-13-14-8-6-5-7-9-14/h5-11,20H,3-4,12-13H2,1-2H3. The molecule has 0 aliphatic carbocycles. The van der Waals surface area contributed by atoms with E-state index in [0.29, 0.717) is 13.2 Å². The summed E-state index contributed by atoms with van der Waals surface area (Å²) in [7, 11) is 0. The minimum Gasteiger partial charge on any atom is -0.490 e. The first-order valence-electron chi connectivity index (χ1n) is 7.57. The summed E-state index contributed by atoms with van der Waals surface area (Å²) < 4.78 is 12.6. The van der Waals surface area contributed by atoms with Gasteiger partial charge in [-0.25, -0.2) is 0 Å². The lowest BCUT2D eigenvalue weighted by molar-refractivity contribution is 0.267. The number of rotatable bonds is 8. The van der Waals surface area contributed by atoms with Crippen LogP contribution in [-0.4, -0.2) is 13.2 Å². The Morgan fingerprint density at radius 1 is 1.00 bits per heavy atom. The van der Waals surface area contributed by atoms with Crippen molar-refractivity contribution in [3.05, 3.63) is 58.1 Å². The van der Waals surface area contributed by atoms with Crippen LogP contribution in [0.25, 0.3) is 0 Å². The summed E-state index contributed by atoms with van der Waals surface area (Å²) >= 11 is 3.60. The summed E-state index contributed by atoms with van der Waals surface area (Å²) in [6.07, 6.45) is 0. The van der Waals surface area contributed by atoms with E-state index in [-0.39, 0.29) is 0 Å². The Labute approximate surface area is 140 Å². The smallest absolute Gasteiger partial charge is 0.175 e. The van der Waals surface area contributed by atoms with E-state index >= 15 is 0 Å². The van der Waals surface area contributed by atoms with E-state index in [1.807, 2.05) is 43.3 Å². The first-order valence-corrected chi connectivity index (χ1v) is 8.36. The van der Waals surface area contributed by atoms with Crippen LogP contribution >= 0.6 is 15.9 Å². The predicted molar refractivity (Wildman–Crippen MR) is 93.5 cm³/mol. The monoisotopic (exact) mass is 363 g/mol. The van der Waals surface area contributed by atoms with Gasteiger partial charge >= 0.3 is 0 Å². The highest BCUT2D eigenvalue weighted by Crippen LogP contribution is 2.37. The predicted octanol–water partition coefficient (Wildman–Crippen LogP) is 4.54. The van der Waals surface area contributed by atoms with E-state index < -0.39 is 0 Å². The SMILES string of the molecule is CCNCc1cc(Br)c(OCc2ccccc2)c(OCC)c1. The maximum Gasteiger partial charge on any atom is 0.175 e. The molecule has 0 aromatic heterocycles. The molecule has 1 N–H and O–H groups in total. The molecule has 4 heteroatoms. The van der Waals surface area contributed by atoms with Gasteiger partial charge in [-0.15, -0.1) is 0 Å². The lowest BCUT2D eigenvalue weighted by Crippen LogP contribution is -2.12. The maximum atomic E-state index is 5.97. The van der Waals surface area contributed by atoms with Crippen LogP contribution in [0.2, 0.25) is 0 Å². The van der Waals surface area contributed by atoms with Gasteiger partial charge in [0.1, 0.15) is 6.61 Å². The van der Waals surface area contributed by atoms with E-state index in [0.717, 1.165) is 34.6 Å². The van der Waals surface area contributed by atoms with Crippen LogP contribution in [0.5, 0.6) is 11.5 Å². The van der Waals surface area contributed by atoms with Gasteiger partial charge in [-0.1, -0.05) is 37.3 Å². The molecule has 0 bridgehead atoms. The zero-order valence-electron chi connectivity index (χ0n) is 13.1. The topological polar surface area (TPSA) is 30.5 Å². The van der Waals surface area contributed by atoms with Gasteiger partial charge in [0.15, 0.2) is 11.5 Å². The van der Waals surface area contributed by atoms with Crippen molar-refractivity contribution < 1.29 is 9.47 Å². The molecule has 2 aromatic carbocycles. The lowest BCUT2D eigenvalue weighted by atomic mass is 10.2. The average molecular weight is 364 g/mol. The summed E-state index contributed by atoms with van der Waals surface area (Å²) in [4.78, 5) is 0. The molecule has 0 spiro atoms. The van der Waals surface area contributed by atoms with E-state index in [1.54, 1.807) is 0 Å². The summed E-state index contributed by atoms with van der Waals surface area (Å²) in [6.45, 7) is 6.95. The molecule has 0 radical (unpaired) electrons. The van der Waals surface area contributed by atoms with Gasteiger partial charge in [0.25, 0.3) is 0 Å². The Morgan fingerprint density at radius 3 is 2.45 bits per heavy atom. The molecule has 0 heterocycles. The lowest BCUT2D eigenvalue weighted by Gasteiger charge is -2.15. The van der Waals surface area contributed by atoms with Crippen molar-refractivity contribution in [3.8, 4) is 11.5 Å². The highest BCUT2D eigenvalue weighted by Gasteiger charge is 2.12. The number of benzene rings is 2. The number of hydrogen-bond acceptors (Lipinski definition) is 3. The van der Waals surface area contributed by atoms with Crippen LogP contribution in [0.3, 0.4) is 0 Å². The van der Waals surface area contributed by atoms with Crippen molar-refractivity contribution >= 4 is 15.9 Å². The first kappa shape index (κ1) is 16.8. The molecule has 0 fully saturated rings. The summed E-state index contributed by atoms with van der Waals surface area (Å²) in [6, 6.07) is 14.2. The minimum absolute atomic E-state index is 0.520. The number of halogens is 1. The number of hydrogen-bond donors (Lipinski definition) is 1. The van der Waals surface area contributed by atoms with Crippen LogP contribution in [0.1, 0.15) is 25.0 Å². The van der Waals surface area contributed by atoms with Crippen LogP contribution < -0.4 is 14.8 Å². The van der Waals surface area contributed by atoms with Gasteiger partial charge in [0.2, 0.25) is 0 Å². The average Bonchev–Trinajstić information content (AvgIpc) is 2.53. The second-order valence-electron chi connectivity index (χ2n) is 4.89. The fraction of sp³-hybridized carbons (Fsp3) is 0.333. The molecule has 2 rings (SSSR count). The molecule has 22 heavy (non-hydrogen) atoms. The molecule has 0 aliphatic heterocycles. The molecule has 0 atom stereocenters. The Hall–Kier alpha value is -1.52. The van der Waals surface area contributed by atoms with Crippen molar-refractivity contribution in [1.29, 1.82) is 0 Å².